The molecule has 0 aromatic rings. The Bertz CT molecular complexity index is 136. The number of aliphatic hydroxyl groups excluding tert-OH is 1. The molecule has 1 fully saturated rings. The normalized spacial score (nSPS) is 31.2. The molecule has 0 unspecified atom stereocenters. The zero-order valence-electron chi connectivity index (χ0n) is 6.13. The Morgan fingerprint density at radius 3 is 2.80 bits per heavy atom. The standard InChI is InChI=1S/C7H13NO2/c1-2-3-4-5-6(9)7(10)8-5/h5-6,9H,2-4H2,1H3,(H,8,10)/t5-,6-/m1/s1. The van der Waals surface area contributed by atoms with Crippen LogP contribution in [0.3, 0.4) is 0 Å². The molecular weight excluding hydrogens is 130 g/mol. The van der Waals surface area contributed by atoms with Gasteiger partial charge in [0, 0.05) is 0 Å². The van der Waals surface area contributed by atoms with Gasteiger partial charge in [0.1, 0.15) is 0 Å². The first-order valence-corrected chi connectivity index (χ1v) is 3.74. The minimum atomic E-state index is -0.730. The van der Waals surface area contributed by atoms with Crippen molar-refractivity contribution in [1.29, 1.82) is 0 Å². The lowest BCUT2D eigenvalue weighted by atomic mass is 9.97. The van der Waals surface area contributed by atoms with Gasteiger partial charge < -0.3 is 10.4 Å². The van der Waals surface area contributed by atoms with Crippen LogP contribution >= 0.6 is 0 Å². The van der Waals surface area contributed by atoms with Crippen LogP contribution in [0, 0.1) is 0 Å². The predicted octanol–water partition coefficient (Wildman–Crippen LogP) is 0.0359. The first-order valence-electron chi connectivity index (χ1n) is 3.74. The molecule has 1 rings (SSSR count). The average Bonchev–Trinajstić information content (AvgIpc) is 1.97. The summed E-state index contributed by atoms with van der Waals surface area (Å²) in [5.41, 5.74) is 0. The fourth-order valence-electron chi connectivity index (χ4n) is 1.09. The van der Waals surface area contributed by atoms with Crippen molar-refractivity contribution >= 4 is 5.91 Å². The third-order valence-electron chi connectivity index (χ3n) is 1.85. The third kappa shape index (κ3) is 1.29. The zero-order valence-corrected chi connectivity index (χ0v) is 6.13. The average molecular weight is 143 g/mol. The molecule has 0 aromatic carbocycles. The quantitative estimate of drug-likeness (QED) is 0.548. The molecule has 1 amide bonds. The number of carbonyl (C=O) groups excluding carboxylic acids is 1. The van der Waals surface area contributed by atoms with Gasteiger partial charge in [0.2, 0.25) is 0 Å². The number of hydrogen-bond donors (Lipinski definition) is 2. The van der Waals surface area contributed by atoms with Gasteiger partial charge in [-0.3, -0.25) is 4.79 Å². The lowest BCUT2D eigenvalue weighted by Crippen LogP contribution is -2.62. The molecule has 1 saturated heterocycles. The summed E-state index contributed by atoms with van der Waals surface area (Å²) in [4.78, 5) is 10.4. The summed E-state index contributed by atoms with van der Waals surface area (Å²) in [7, 11) is 0. The van der Waals surface area contributed by atoms with Gasteiger partial charge in [-0.25, -0.2) is 0 Å². The van der Waals surface area contributed by atoms with E-state index in [-0.39, 0.29) is 11.9 Å². The van der Waals surface area contributed by atoms with E-state index in [4.69, 9.17) is 5.11 Å². The lowest BCUT2D eigenvalue weighted by Gasteiger charge is -2.32. The van der Waals surface area contributed by atoms with E-state index < -0.39 is 6.10 Å². The summed E-state index contributed by atoms with van der Waals surface area (Å²) >= 11 is 0. The van der Waals surface area contributed by atoms with Gasteiger partial charge in [0.25, 0.3) is 5.91 Å². The monoisotopic (exact) mass is 143 g/mol. The molecule has 10 heavy (non-hydrogen) atoms. The third-order valence-corrected chi connectivity index (χ3v) is 1.85. The highest BCUT2D eigenvalue weighted by Crippen LogP contribution is 2.12. The van der Waals surface area contributed by atoms with E-state index in [1.165, 1.54) is 0 Å². The van der Waals surface area contributed by atoms with Crippen LogP contribution in [0.5, 0.6) is 0 Å². The van der Waals surface area contributed by atoms with Crippen LogP contribution < -0.4 is 5.32 Å². The van der Waals surface area contributed by atoms with Crippen LogP contribution in [-0.2, 0) is 4.79 Å². The number of aliphatic hydroxyl groups is 1. The van der Waals surface area contributed by atoms with E-state index >= 15 is 0 Å². The van der Waals surface area contributed by atoms with Gasteiger partial charge in [0.15, 0.2) is 6.10 Å². The largest absolute Gasteiger partial charge is 0.381 e. The Kier molecular flexibility index (Phi) is 2.27. The maximum absolute atomic E-state index is 10.4. The van der Waals surface area contributed by atoms with Crippen molar-refractivity contribution in [3.63, 3.8) is 0 Å². The summed E-state index contributed by atoms with van der Waals surface area (Å²) in [6.07, 6.45) is 2.36. The van der Waals surface area contributed by atoms with Crippen molar-refractivity contribution in [2.24, 2.45) is 0 Å². The van der Waals surface area contributed by atoms with E-state index in [1.54, 1.807) is 0 Å². The Balaban J connectivity index is 2.14. The van der Waals surface area contributed by atoms with Gasteiger partial charge in [-0.2, -0.15) is 0 Å². The van der Waals surface area contributed by atoms with Crippen LogP contribution in [0.4, 0.5) is 0 Å². The molecule has 2 atom stereocenters. The van der Waals surface area contributed by atoms with Crippen molar-refractivity contribution in [3.05, 3.63) is 0 Å². The number of unbranched alkanes of at least 4 members (excludes halogenated alkanes) is 1. The summed E-state index contributed by atoms with van der Waals surface area (Å²) in [6, 6.07) is 0.0347. The van der Waals surface area contributed by atoms with Gasteiger partial charge in [0.05, 0.1) is 6.04 Å². The zero-order chi connectivity index (χ0) is 7.56. The molecule has 3 nitrogen and oxygen atoms in total. The minimum Gasteiger partial charge on any atom is -0.381 e. The second-order valence-corrected chi connectivity index (χ2v) is 2.70. The summed E-state index contributed by atoms with van der Waals surface area (Å²) in [5.74, 6) is -0.221. The van der Waals surface area contributed by atoms with Gasteiger partial charge in [-0.15, -0.1) is 0 Å². The maximum atomic E-state index is 10.4. The first kappa shape index (κ1) is 7.54. The smallest absolute Gasteiger partial charge is 0.251 e. The van der Waals surface area contributed by atoms with Gasteiger partial charge >= 0.3 is 0 Å². The van der Waals surface area contributed by atoms with Crippen molar-refractivity contribution in [2.75, 3.05) is 0 Å². The molecule has 58 valence electrons. The molecule has 2 N–H and O–H groups in total. The fraction of sp³-hybridized carbons (Fsp3) is 0.857. The number of rotatable bonds is 3. The van der Waals surface area contributed by atoms with Crippen LogP contribution in [0.25, 0.3) is 0 Å². The van der Waals surface area contributed by atoms with Crippen LogP contribution in [0.1, 0.15) is 26.2 Å². The molecule has 0 bridgehead atoms. The van der Waals surface area contributed by atoms with Crippen LogP contribution in [0.15, 0.2) is 0 Å². The Hall–Kier alpha value is -0.570. The predicted molar refractivity (Wildman–Crippen MR) is 37.5 cm³/mol. The first-order chi connectivity index (χ1) is 4.75. The molecule has 1 heterocycles. The van der Waals surface area contributed by atoms with Crippen molar-refractivity contribution in [1.82, 2.24) is 5.32 Å². The fourth-order valence-corrected chi connectivity index (χ4v) is 1.09. The number of nitrogens with one attached hydrogen (secondary N) is 1. The Morgan fingerprint density at radius 2 is 2.40 bits per heavy atom. The lowest BCUT2D eigenvalue weighted by molar-refractivity contribution is -0.142. The molecule has 0 radical (unpaired) electrons. The number of β-lactam (4-membered cyclic amide) rings is 1. The highest BCUT2D eigenvalue weighted by Gasteiger charge is 2.36. The van der Waals surface area contributed by atoms with Crippen molar-refractivity contribution in [3.8, 4) is 0 Å². The van der Waals surface area contributed by atoms with E-state index in [2.05, 4.69) is 12.2 Å². The number of amides is 1. The second-order valence-electron chi connectivity index (χ2n) is 2.70. The number of carbonyl (C=O) groups is 1. The second kappa shape index (κ2) is 3.01. The van der Waals surface area contributed by atoms with Crippen molar-refractivity contribution < 1.29 is 9.90 Å². The highest BCUT2D eigenvalue weighted by atomic mass is 16.3. The summed E-state index contributed by atoms with van der Waals surface area (Å²) in [5, 5.41) is 11.6. The SMILES string of the molecule is CCCC[C@H]1NC(=O)[C@@H]1O. The molecule has 0 aliphatic carbocycles. The van der Waals surface area contributed by atoms with E-state index in [0.29, 0.717) is 0 Å². The van der Waals surface area contributed by atoms with Crippen LogP contribution in [-0.4, -0.2) is 23.2 Å². The van der Waals surface area contributed by atoms with Gasteiger partial charge in [-0.1, -0.05) is 19.8 Å². The topological polar surface area (TPSA) is 49.3 Å². The molecule has 0 saturated carbocycles. The van der Waals surface area contributed by atoms with E-state index in [0.717, 1.165) is 19.3 Å². The number of hydrogen-bond acceptors (Lipinski definition) is 2. The maximum Gasteiger partial charge on any atom is 0.251 e. The Labute approximate surface area is 60.4 Å². The van der Waals surface area contributed by atoms with E-state index in [1.807, 2.05) is 0 Å². The van der Waals surface area contributed by atoms with Crippen LogP contribution in [0.2, 0.25) is 0 Å². The summed E-state index contributed by atoms with van der Waals surface area (Å²) < 4.78 is 0. The molecule has 0 aromatic heterocycles. The van der Waals surface area contributed by atoms with Crippen molar-refractivity contribution in [2.45, 2.75) is 38.3 Å². The molecular formula is C7H13NO2. The molecule has 3 heteroatoms. The van der Waals surface area contributed by atoms with E-state index in [9.17, 15) is 4.79 Å². The highest BCUT2D eigenvalue weighted by molar-refractivity contribution is 5.87. The minimum absolute atomic E-state index is 0.0347. The Morgan fingerprint density at radius 1 is 1.70 bits per heavy atom. The van der Waals surface area contributed by atoms with Gasteiger partial charge in [-0.05, 0) is 6.42 Å². The molecule has 1 aliphatic rings. The molecule has 0 spiro atoms. The molecule has 1 aliphatic heterocycles. The summed E-state index contributed by atoms with van der Waals surface area (Å²) in [6.45, 7) is 2.09.